The third-order valence-electron chi connectivity index (χ3n) is 2.55. The molecule has 0 radical (unpaired) electrons. The van der Waals surface area contributed by atoms with Gasteiger partial charge in [-0.3, -0.25) is 4.79 Å². The second-order valence-corrected chi connectivity index (χ2v) is 5.79. The van der Waals surface area contributed by atoms with Crippen LogP contribution in [0.4, 0.5) is 4.79 Å². The smallest absolute Gasteiger partial charge is 0.315 e. The summed E-state index contributed by atoms with van der Waals surface area (Å²) >= 11 is 0. The van der Waals surface area contributed by atoms with Crippen molar-refractivity contribution < 1.29 is 14.7 Å². The van der Waals surface area contributed by atoms with Gasteiger partial charge in [-0.1, -0.05) is 34.1 Å². The number of carbonyl (C=O) groups excluding carboxylic acids is 1. The maximum absolute atomic E-state index is 11.6. The fraction of sp³-hybridized carbons (Fsp3) is 0.846. The lowest BCUT2D eigenvalue weighted by atomic mass is 9.92. The second-order valence-electron chi connectivity index (χ2n) is 5.79. The first-order valence-electron chi connectivity index (χ1n) is 6.50. The van der Waals surface area contributed by atoms with Crippen molar-refractivity contribution in [1.29, 1.82) is 0 Å². The van der Waals surface area contributed by atoms with Gasteiger partial charge < -0.3 is 15.7 Å². The fourth-order valence-electron chi connectivity index (χ4n) is 1.57. The number of rotatable bonds is 7. The molecule has 3 N–H and O–H groups in total. The summed E-state index contributed by atoms with van der Waals surface area (Å²) in [6.07, 6.45) is 2.39. The van der Waals surface area contributed by atoms with Crippen molar-refractivity contribution >= 4 is 12.0 Å². The zero-order chi connectivity index (χ0) is 14.2. The van der Waals surface area contributed by atoms with E-state index >= 15 is 0 Å². The van der Waals surface area contributed by atoms with Gasteiger partial charge in [0.25, 0.3) is 0 Å². The topological polar surface area (TPSA) is 78.4 Å². The van der Waals surface area contributed by atoms with Gasteiger partial charge in [0.15, 0.2) is 0 Å². The molecule has 1 atom stereocenters. The van der Waals surface area contributed by atoms with Gasteiger partial charge in [0.05, 0.1) is 6.42 Å². The monoisotopic (exact) mass is 258 g/mol. The molecule has 106 valence electrons. The Morgan fingerprint density at radius 3 is 2.33 bits per heavy atom. The van der Waals surface area contributed by atoms with E-state index in [9.17, 15) is 9.59 Å². The Kier molecular flexibility index (Phi) is 7.39. The summed E-state index contributed by atoms with van der Waals surface area (Å²) in [6, 6.07) is -0.568. The molecule has 0 aromatic heterocycles. The lowest BCUT2D eigenvalue weighted by Gasteiger charge is -2.20. The Balaban J connectivity index is 3.98. The van der Waals surface area contributed by atoms with E-state index in [0.717, 1.165) is 12.8 Å². The Hall–Kier alpha value is -1.26. The van der Waals surface area contributed by atoms with Crippen LogP contribution in [-0.4, -0.2) is 29.7 Å². The van der Waals surface area contributed by atoms with Crippen LogP contribution in [0.15, 0.2) is 0 Å². The normalized spacial score (nSPS) is 12.9. The number of carboxylic acid groups (broad SMARTS) is 1. The van der Waals surface area contributed by atoms with Gasteiger partial charge in [-0.25, -0.2) is 4.79 Å². The number of aliphatic carboxylic acids is 1. The van der Waals surface area contributed by atoms with E-state index in [1.54, 1.807) is 0 Å². The summed E-state index contributed by atoms with van der Waals surface area (Å²) in [4.78, 5) is 22.2. The highest BCUT2D eigenvalue weighted by Crippen LogP contribution is 2.16. The molecule has 0 aliphatic heterocycles. The lowest BCUT2D eigenvalue weighted by Crippen LogP contribution is -2.43. The summed E-state index contributed by atoms with van der Waals surface area (Å²) in [5.41, 5.74) is 0.178. The molecular weight excluding hydrogens is 232 g/mol. The summed E-state index contributed by atoms with van der Waals surface area (Å²) < 4.78 is 0. The molecule has 0 saturated heterocycles. The van der Waals surface area contributed by atoms with E-state index in [0.29, 0.717) is 13.0 Å². The number of nitrogens with one attached hydrogen (secondary N) is 2. The molecule has 0 bridgehead atoms. The molecule has 0 aromatic carbocycles. The molecule has 1 unspecified atom stereocenters. The SMILES string of the molecule is CCCC(CC(=O)O)NC(=O)NCCC(C)(C)C. The molecule has 0 fully saturated rings. The van der Waals surface area contributed by atoms with E-state index in [2.05, 4.69) is 31.4 Å². The molecule has 2 amide bonds. The van der Waals surface area contributed by atoms with Crippen molar-refractivity contribution in [3.8, 4) is 0 Å². The number of hydrogen-bond donors (Lipinski definition) is 3. The summed E-state index contributed by atoms with van der Waals surface area (Å²) in [7, 11) is 0. The molecule has 5 nitrogen and oxygen atoms in total. The Morgan fingerprint density at radius 2 is 1.89 bits per heavy atom. The lowest BCUT2D eigenvalue weighted by molar-refractivity contribution is -0.137. The largest absolute Gasteiger partial charge is 0.481 e. The molecule has 0 spiro atoms. The molecule has 0 aliphatic rings. The van der Waals surface area contributed by atoms with Crippen molar-refractivity contribution in [2.45, 2.75) is 59.4 Å². The van der Waals surface area contributed by atoms with E-state index in [1.807, 2.05) is 6.92 Å². The number of amides is 2. The Bertz CT molecular complexity index is 272. The number of hydrogen-bond acceptors (Lipinski definition) is 2. The van der Waals surface area contributed by atoms with Crippen molar-refractivity contribution in [3.63, 3.8) is 0 Å². The molecule has 18 heavy (non-hydrogen) atoms. The first-order chi connectivity index (χ1) is 8.24. The van der Waals surface area contributed by atoms with Crippen molar-refractivity contribution in [2.24, 2.45) is 5.41 Å². The molecule has 0 rings (SSSR count). The summed E-state index contributed by atoms with van der Waals surface area (Å²) in [5.74, 6) is -0.886. The van der Waals surface area contributed by atoms with E-state index < -0.39 is 5.97 Å². The maximum Gasteiger partial charge on any atom is 0.315 e. The standard InChI is InChI=1S/C13H26N2O3/c1-5-6-10(9-11(16)17)15-12(18)14-8-7-13(2,3)4/h10H,5-9H2,1-4H3,(H,16,17)(H2,14,15,18). The van der Waals surface area contributed by atoms with Crippen LogP contribution in [0.25, 0.3) is 0 Å². The van der Waals surface area contributed by atoms with Gasteiger partial charge >= 0.3 is 12.0 Å². The highest BCUT2D eigenvalue weighted by Gasteiger charge is 2.15. The van der Waals surface area contributed by atoms with Crippen LogP contribution >= 0.6 is 0 Å². The van der Waals surface area contributed by atoms with E-state index in [4.69, 9.17) is 5.11 Å². The van der Waals surface area contributed by atoms with Crippen LogP contribution in [0.2, 0.25) is 0 Å². The second kappa shape index (κ2) is 7.95. The van der Waals surface area contributed by atoms with Gasteiger partial charge in [0.1, 0.15) is 0 Å². The Morgan fingerprint density at radius 1 is 1.28 bits per heavy atom. The van der Waals surface area contributed by atoms with Crippen LogP contribution in [0.1, 0.15) is 53.4 Å². The van der Waals surface area contributed by atoms with Crippen LogP contribution in [0, 0.1) is 5.41 Å². The minimum absolute atomic E-state index is 0.0273. The van der Waals surface area contributed by atoms with Crippen LogP contribution in [0.3, 0.4) is 0 Å². The highest BCUT2D eigenvalue weighted by atomic mass is 16.4. The first-order valence-corrected chi connectivity index (χ1v) is 6.50. The number of carbonyl (C=O) groups is 2. The molecule has 0 aromatic rings. The predicted molar refractivity (Wildman–Crippen MR) is 71.6 cm³/mol. The third-order valence-corrected chi connectivity index (χ3v) is 2.55. The zero-order valence-electron chi connectivity index (χ0n) is 11.9. The van der Waals surface area contributed by atoms with Crippen molar-refractivity contribution in [2.75, 3.05) is 6.54 Å². The summed E-state index contributed by atoms with van der Waals surface area (Å²) in [5, 5.41) is 14.2. The number of carboxylic acids is 1. The van der Waals surface area contributed by atoms with Gasteiger partial charge in [0.2, 0.25) is 0 Å². The van der Waals surface area contributed by atoms with Crippen molar-refractivity contribution in [1.82, 2.24) is 10.6 Å². The highest BCUT2D eigenvalue weighted by molar-refractivity contribution is 5.75. The van der Waals surface area contributed by atoms with Crippen LogP contribution in [0.5, 0.6) is 0 Å². The molecular formula is C13H26N2O3. The van der Waals surface area contributed by atoms with Gasteiger partial charge in [-0.15, -0.1) is 0 Å². The Labute approximate surface area is 109 Å². The van der Waals surface area contributed by atoms with Crippen LogP contribution in [-0.2, 0) is 4.79 Å². The average molecular weight is 258 g/mol. The van der Waals surface area contributed by atoms with Crippen molar-refractivity contribution in [3.05, 3.63) is 0 Å². The fourth-order valence-corrected chi connectivity index (χ4v) is 1.57. The van der Waals surface area contributed by atoms with Gasteiger partial charge in [-0.05, 0) is 18.3 Å². The summed E-state index contributed by atoms with van der Waals surface area (Å²) in [6.45, 7) is 8.89. The quantitative estimate of drug-likeness (QED) is 0.656. The number of urea groups is 1. The maximum atomic E-state index is 11.6. The first kappa shape index (κ1) is 16.7. The van der Waals surface area contributed by atoms with Gasteiger partial charge in [0, 0.05) is 12.6 Å². The minimum Gasteiger partial charge on any atom is -0.481 e. The third kappa shape index (κ3) is 9.93. The average Bonchev–Trinajstić information content (AvgIpc) is 2.14. The molecule has 0 saturated carbocycles. The molecule has 5 heteroatoms. The van der Waals surface area contributed by atoms with E-state index in [1.165, 1.54) is 0 Å². The zero-order valence-corrected chi connectivity index (χ0v) is 11.9. The minimum atomic E-state index is -0.886. The molecule has 0 heterocycles. The predicted octanol–water partition coefficient (Wildman–Crippen LogP) is 2.37. The van der Waals surface area contributed by atoms with Gasteiger partial charge in [-0.2, -0.15) is 0 Å². The molecule has 0 aliphatic carbocycles. The van der Waals surface area contributed by atoms with E-state index in [-0.39, 0.29) is 23.9 Å². The van der Waals surface area contributed by atoms with Crippen LogP contribution < -0.4 is 10.6 Å².